The van der Waals surface area contributed by atoms with Crippen LogP contribution in [0.25, 0.3) is 0 Å². The van der Waals surface area contributed by atoms with Crippen LogP contribution in [0.1, 0.15) is 21.1 Å². The number of carbonyl (C=O) groups is 1. The predicted octanol–water partition coefficient (Wildman–Crippen LogP) is 2.15. The van der Waals surface area contributed by atoms with Gasteiger partial charge in [-0.1, -0.05) is 6.07 Å². The summed E-state index contributed by atoms with van der Waals surface area (Å²) in [6, 6.07) is 7.74. The Morgan fingerprint density at radius 3 is 3.00 bits per heavy atom. The molecule has 0 radical (unpaired) electrons. The van der Waals surface area contributed by atoms with Crippen LogP contribution in [0, 0.1) is 0 Å². The highest BCUT2D eigenvalue weighted by atomic mass is 32.1. The van der Waals surface area contributed by atoms with Gasteiger partial charge >= 0.3 is 5.97 Å². The van der Waals surface area contributed by atoms with Gasteiger partial charge in [0.05, 0.1) is 7.11 Å². The van der Waals surface area contributed by atoms with Crippen molar-refractivity contribution >= 4 is 17.3 Å². The Bertz CT molecular complexity index is 476. The number of thiophene rings is 1. The third-order valence-electron chi connectivity index (χ3n) is 2.35. The number of hydrogen-bond donors (Lipinski definition) is 2. The second-order valence-electron chi connectivity index (χ2n) is 3.57. The largest absolute Gasteiger partial charge is 0.464 e. The second kappa shape index (κ2) is 5.65. The topological polar surface area (TPSA) is 54.1 Å². The molecule has 0 unspecified atom stereocenters. The summed E-state index contributed by atoms with van der Waals surface area (Å²) in [6.45, 7) is 1.54. The molecule has 2 heterocycles. The molecule has 0 aromatic carbocycles. The molecular formula is C12H14N2O2S. The Kier molecular flexibility index (Phi) is 3.95. The van der Waals surface area contributed by atoms with Gasteiger partial charge in [0.1, 0.15) is 5.69 Å². The van der Waals surface area contributed by atoms with Crippen LogP contribution in [-0.2, 0) is 17.8 Å². The second-order valence-corrected chi connectivity index (χ2v) is 4.60. The number of methoxy groups -OCH3 is 1. The lowest BCUT2D eigenvalue weighted by atomic mass is 10.4. The minimum atomic E-state index is -0.338. The van der Waals surface area contributed by atoms with E-state index in [0.717, 1.165) is 12.2 Å². The number of hydrogen-bond acceptors (Lipinski definition) is 4. The minimum absolute atomic E-state index is 0.338. The van der Waals surface area contributed by atoms with E-state index in [9.17, 15) is 4.79 Å². The van der Waals surface area contributed by atoms with Crippen molar-refractivity contribution in [2.24, 2.45) is 0 Å². The van der Waals surface area contributed by atoms with Crippen molar-refractivity contribution in [1.29, 1.82) is 0 Å². The summed E-state index contributed by atoms with van der Waals surface area (Å²) in [4.78, 5) is 15.5. The number of nitrogens with one attached hydrogen (secondary N) is 2. The van der Waals surface area contributed by atoms with Gasteiger partial charge in [-0.3, -0.25) is 0 Å². The van der Waals surface area contributed by atoms with Gasteiger partial charge in [-0.25, -0.2) is 4.79 Å². The van der Waals surface area contributed by atoms with E-state index in [1.165, 1.54) is 12.0 Å². The van der Waals surface area contributed by atoms with Crippen LogP contribution >= 0.6 is 11.3 Å². The van der Waals surface area contributed by atoms with Crippen molar-refractivity contribution in [1.82, 2.24) is 10.3 Å². The molecule has 0 spiro atoms. The monoisotopic (exact) mass is 250 g/mol. The van der Waals surface area contributed by atoms with E-state index in [4.69, 9.17) is 0 Å². The summed E-state index contributed by atoms with van der Waals surface area (Å²) in [5, 5.41) is 5.36. The molecule has 0 aliphatic heterocycles. The standard InChI is InChI=1S/C12H14N2O2S/c1-16-12(15)11-5-4-9(14-11)7-13-8-10-3-2-6-17-10/h2-6,13-14H,7-8H2,1H3. The number of carbonyl (C=O) groups excluding carboxylic acids is 1. The van der Waals surface area contributed by atoms with Crippen molar-refractivity contribution < 1.29 is 9.53 Å². The zero-order valence-electron chi connectivity index (χ0n) is 9.53. The predicted molar refractivity (Wildman–Crippen MR) is 67.0 cm³/mol. The quantitative estimate of drug-likeness (QED) is 0.799. The average molecular weight is 250 g/mol. The maximum atomic E-state index is 11.2. The molecule has 0 aliphatic rings. The summed E-state index contributed by atoms with van der Waals surface area (Å²) < 4.78 is 4.62. The minimum Gasteiger partial charge on any atom is -0.464 e. The Morgan fingerprint density at radius 1 is 1.41 bits per heavy atom. The van der Waals surface area contributed by atoms with Gasteiger partial charge in [0.2, 0.25) is 0 Å². The van der Waals surface area contributed by atoms with Gasteiger partial charge in [-0.2, -0.15) is 0 Å². The van der Waals surface area contributed by atoms with Gasteiger partial charge in [0, 0.05) is 23.7 Å². The van der Waals surface area contributed by atoms with E-state index < -0.39 is 0 Å². The Morgan fingerprint density at radius 2 is 2.29 bits per heavy atom. The molecule has 2 N–H and O–H groups in total. The lowest BCUT2D eigenvalue weighted by Crippen LogP contribution is -2.12. The maximum absolute atomic E-state index is 11.2. The average Bonchev–Trinajstić information content (AvgIpc) is 2.99. The lowest BCUT2D eigenvalue weighted by molar-refractivity contribution is 0.0594. The molecule has 0 saturated carbocycles. The van der Waals surface area contributed by atoms with E-state index >= 15 is 0 Å². The summed E-state index contributed by atoms with van der Waals surface area (Å²) >= 11 is 1.72. The van der Waals surface area contributed by atoms with Crippen molar-refractivity contribution in [3.63, 3.8) is 0 Å². The molecule has 0 fully saturated rings. The zero-order valence-corrected chi connectivity index (χ0v) is 10.3. The van der Waals surface area contributed by atoms with Crippen LogP contribution in [0.15, 0.2) is 29.6 Å². The Balaban J connectivity index is 1.83. The molecule has 0 aliphatic carbocycles. The third-order valence-corrected chi connectivity index (χ3v) is 3.22. The number of aromatic amines is 1. The molecule has 0 saturated heterocycles. The highest BCUT2D eigenvalue weighted by Gasteiger charge is 2.07. The summed E-state index contributed by atoms with van der Waals surface area (Å²) in [6.07, 6.45) is 0. The highest BCUT2D eigenvalue weighted by Crippen LogP contribution is 2.08. The molecular weight excluding hydrogens is 236 g/mol. The Labute approximate surface area is 104 Å². The molecule has 17 heavy (non-hydrogen) atoms. The molecule has 4 nitrogen and oxygen atoms in total. The van der Waals surface area contributed by atoms with Crippen LogP contribution < -0.4 is 5.32 Å². The molecule has 90 valence electrons. The van der Waals surface area contributed by atoms with E-state index in [1.807, 2.05) is 12.1 Å². The van der Waals surface area contributed by atoms with Crippen LogP contribution in [0.3, 0.4) is 0 Å². The van der Waals surface area contributed by atoms with E-state index in [0.29, 0.717) is 12.2 Å². The lowest BCUT2D eigenvalue weighted by Gasteiger charge is -2.01. The number of ether oxygens (including phenoxy) is 1. The smallest absolute Gasteiger partial charge is 0.354 e. The third kappa shape index (κ3) is 3.18. The van der Waals surface area contributed by atoms with Crippen molar-refractivity contribution in [2.45, 2.75) is 13.1 Å². The summed E-state index contributed by atoms with van der Waals surface area (Å²) in [5.74, 6) is -0.338. The van der Waals surface area contributed by atoms with Crippen molar-refractivity contribution in [2.75, 3.05) is 7.11 Å². The van der Waals surface area contributed by atoms with Crippen LogP contribution in [0.5, 0.6) is 0 Å². The molecule has 0 amide bonds. The number of aromatic nitrogens is 1. The summed E-state index contributed by atoms with van der Waals surface area (Å²) in [5.41, 5.74) is 1.46. The molecule has 5 heteroatoms. The first kappa shape index (κ1) is 11.9. The maximum Gasteiger partial charge on any atom is 0.354 e. The molecule has 0 bridgehead atoms. The van der Waals surface area contributed by atoms with Crippen molar-refractivity contribution in [3.8, 4) is 0 Å². The van der Waals surface area contributed by atoms with Gasteiger partial charge < -0.3 is 15.0 Å². The normalized spacial score (nSPS) is 10.4. The van der Waals surface area contributed by atoms with Crippen LogP contribution in [-0.4, -0.2) is 18.1 Å². The van der Waals surface area contributed by atoms with Gasteiger partial charge in [-0.15, -0.1) is 11.3 Å². The number of H-pyrrole nitrogens is 1. The van der Waals surface area contributed by atoms with Crippen molar-refractivity contribution in [3.05, 3.63) is 45.9 Å². The first-order valence-corrected chi connectivity index (χ1v) is 6.17. The fourth-order valence-corrected chi connectivity index (χ4v) is 2.18. The molecule has 2 aromatic rings. The van der Waals surface area contributed by atoms with Gasteiger partial charge in [0.25, 0.3) is 0 Å². The van der Waals surface area contributed by atoms with E-state index in [2.05, 4.69) is 26.5 Å². The molecule has 2 rings (SSSR count). The van der Waals surface area contributed by atoms with Crippen LogP contribution in [0.2, 0.25) is 0 Å². The zero-order chi connectivity index (χ0) is 12.1. The fraction of sp³-hybridized carbons (Fsp3) is 0.250. The van der Waals surface area contributed by atoms with Gasteiger partial charge in [-0.05, 0) is 23.6 Å². The Hall–Kier alpha value is -1.59. The van der Waals surface area contributed by atoms with Gasteiger partial charge in [0.15, 0.2) is 0 Å². The summed E-state index contributed by atoms with van der Waals surface area (Å²) in [7, 11) is 1.37. The molecule has 2 aromatic heterocycles. The first-order valence-electron chi connectivity index (χ1n) is 5.29. The SMILES string of the molecule is COC(=O)c1ccc(CNCc2cccs2)[nH]1. The number of esters is 1. The fourth-order valence-electron chi connectivity index (χ4n) is 1.51. The molecule has 0 atom stereocenters. The van der Waals surface area contributed by atoms with E-state index in [-0.39, 0.29) is 5.97 Å². The van der Waals surface area contributed by atoms with Crippen LogP contribution in [0.4, 0.5) is 0 Å². The highest BCUT2D eigenvalue weighted by molar-refractivity contribution is 7.09. The van der Waals surface area contributed by atoms with E-state index in [1.54, 1.807) is 17.4 Å². The first-order chi connectivity index (χ1) is 8.29. The number of rotatable bonds is 5.